The number of thiophene rings is 1. The van der Waals surface area contributed by atoms with Gasteiger partial charge in [-0.3, -0.25) is 19.9 Å². The van der Waals surface area contributed by atoms with Gasteiger partial charge in [-0.05, 0) is 32.0 Å². The number of nitrogens with two attached hydrogens (primary N) is 1. The maximum atomic E-state index is 13.0. The average Bonchev–Trinajstić information content (AvgIpc) is 3.10. The predicted molar refractivity (Wildman–Crippen MR) is 103 cm³/mol. The van der Waals surface area contributed by atoms with E-state index in [1.165, 1.54) is 30.8 Å². The summed E-state index contributed by atoms with van der Waals surface area (Å²) in [6.45, 7) is 3.56. The van der Waals surface area contributed by atoms with Crippen LogP contribution in [0.4, 0.5) is 5.95 Å². The number of amidine groups is 1. The van der Waals surface area contributed by atoms with Gasteiger partial charge in [0.1, 0.15) is 6.61 Å². The van der Waals surface area contributed by atoms with Crippen LogP contribution < -0.4 is 16.4 Å². The molecule has 0 fully saturated rings. The van der Waals surface area contributed by atoms with Crippen LogP contribution in [0.3, 0.4) is 0 Å². The van der Waals surface area contributed by atoms with Crippen molar-refractivity contribution in [2.75, 3.05) is 19.0 Å². The van der Waals surface area contributed by atoms with E-state index in [1.807, 2.05) is 6.07 Å². The monoisotopic (exact) mass is 390 g/mol. The van der Waals surface area contributed by atoms with Crippen LogP contribution in [-0.2, 0) is 26.4 Å². The third kappa shape index (κ3) is 5.56. The number of aliphatic imine (C=N–C) groups is 1. The molecule has 0 aliphatic rings. The number of hydrogen-bond acceptors (Lipinski definition) is 7. The van der Waals surface area contributed by atoms with Crippen LogP contribution in [0.2, 0.25) is 0 Å². The zero-order valence-electron chi connectivity index (χ0n) is 15.4. The molecule has 4 N–H and O–H groups in total. The molecule has 2 heterocycles. The lowest BCUT2D eigenvalue weighted by atomic mass is 9.98. The van der Waals surface area contributed by atoms with Crippen molar-refractivity contribution < 1.29 is 14.3 Å². The molecule has 0 aromatic carbocycles. The Hall–Kier alpha value is -2.85. The molecular weight excluding hydrogens is 368 g/mol. The minimum Gasteiger partial charge on any atom is -0.388 e. The summed E-state index contributed by atoms with van der Waals surface area (Å²) in [6, 6.07) is 5.26. The van der Waals surface area contributed by atoms with Gasteiger partial charge in [-0.1, -0.05) is 0 Å². The fourth-order valence-electron chi connectivity index (χ4n) is 2.20. The maximum absolute atomic E-state index is 13.0. The molecule has 0 saturated heterocycles. The van der Waals surface area contributed by atoms with Crippen LogP contribution in [0.25, 0.3) is 0 Å². The third-order valence-electron chi connectivity index (χ3n) is 3.55. The highest BCUT2D eigenvalue weighted by molar-refractivity contribution is 7.12. The summed E-state index contributed by atoms with van der Waals surface area (Å²) >= 11 is 1.36. The third-order valence-corrected chi connectivity index (χ3v) is 4.84. The molecule has 10 heteroatoms. The van der Waals surface area contributed by atoms with Gasteiger partial charge in [0.2, 0.25) is 11.9 Å². The van der Waals surface area contributed by atoms with Crippen molar-refractivity contribution in [3.8, 4) is 0 Å². The lowest BCUT2D eigenvalue weighted by Crippen LogP contribution is -2.52. The molecule has 0 aliphatic heterocycles. The zero-order valence-corrected chi connectivity index (χ0v) is 16.2. The predicted octanol–water partition coefficient (Wildman–Crippen LogP) is 1.03. The fourth-order valence-corrected chi connectivity index (χ4v) is 3.23. The zero-order chi connectivity index (χ0) is 19.9. The molecule has 2 aromatic rings. The average molecular weight is 390 g/mol. The Kier molecular flexibility index (Phi) is 6.97. The largest absolute Gasteiger partial charge is 0.388 e. The van der Waals surface area contributed by atoms with Crippen LogP contribution >= 0.6 is 11.3 Å². The van der Waals surface area contributed by atoms with Gasteiger partial charge in [-0.25, -0.2) is 9.97 Å². The summed E-state index contributed by atoms with van der Waals surface area (Å²) in [7, 11) is 1.41. The highest BCUT2D eigenvalue weighted by atomic mass is 32.1. The van der Waals surface area contributed by atoms with Gasteiger partial charge in [0.05, 0.1) is 12.4 Å². The SMILES string of the molecule is COCC(=O)N[C@](C)(C(=O)Nc1ncccn1)c1ccc(CN=C(C)N)s1. The van der Waals surface area contributed by atoms with E-state index >= 15 is 0 Å². The van der Waals surface area contributed by atoms with Crippen LogP contribution in [0.1, 0.15) is 23.6 Å². The molecule has 144 valence electrons. The Balaban J connectivity index is 2.30. The number of aromatic nitrogens is 2. The molecule has 0 saturated carbocycles. The van der Waals surface area contributed by atoms with Crippen molar-refractivity contribution in [3.63, 3.8) is 0 Å². The first kappa shape index (κ1) is 20.5. The Labute approximate surface area is 161 Å². The summed E-state index contributed by atoms with van der Waals surface area (Å²) in [6.07, 6.45) is 3.03. The molecule has 2 amide bonds. The second-order valence-electron chi connectivity index (χ2n) is 5.86. The van der Waals surface area contributed by atoms with E-state index in [1.54, 1.807) is 26.0 Å². The maximum Gasteiger partial charge on any atom is 0.257 e. The second-order valence-corrected chi connectivity index (χ2v) is 7.02. The first-order chi connectivity index (χ1) is 12.8. The number of carbonyl (C=O) groups is 2. The van der Waals surface area contributed by atoms with Gasteiger partial charge < -0.3 is 15.8 Å². The molecule has 2 aromatic heterocycles. The minimum absolute atomic E-state index is 0.148. The summed E-state index contributed by atoms with van der Waals surface area (Å²) in [5, 5.41) is 5.36. The normalized spacial score (nSPS) is 13.7. The van der Waals surface area contributed by atoms with Crippen LogP contribution in [-0.4, -0.2) is 41.3 Å². The summed E-state index contributed by atoms with van der Waals surface area (Å²) in [5.74, 6) is -0.269. The Morgan fingerprint density at radius 2 is 2.04 bits per heavy atom. The van der Waals surface area contributed by atoms with Crippen molar-refractivity contribution in [2.24, 2.45) is 10.7 Å². The number of carbonyl (C=O) groups excluding carboxylic acids is 2. The van der Waals surface area contributed by atoms with E-state index in [4.69, 9.17) is 10.5 Å². The molecule has 0 unspecified atom stereocenters. The fraction of sp³-hybridized carbons (Fsp3) is 0.353. The number of anilines is 1. The standard InChI is InChI=1S/C17H22N6O3S/c1-11(18)21-9-12-5-6-13(27-12)17(2,23-14(24)10-26-3)15(25)22-16-19-7-4-8-20-16/h4-8H,9-10H2,1-3H3,(H2,18,21)(H,23,24)(H,19,20,22,25)/t17-/m0/s1. The quantitative estimate of drug-likeness (QED) is 0.456. The number of amides is 2. The lowest BCUT2D eigenvalue weighted by molar-refractivity contribution is -0.132. The van der Waals surface area contributed by atoms with E-state index in [0.717, 1.165) is 4.88 Å². The van der Waals surface area contributed by atoms with E-state index < -0.39 is 17.4 Å². The molecule has 0 spiro atoms. The molecule has 27 heavy (non-hydrogen) atoms. The summed E-state index contributed by atoms with van der Waals surface area (Å²) in [4.78, 5) is 38.8. The smallest absolute Gasteiger partial charge is 0.257 e. The number of hydrogen-bond donors (Lipinski definition) is 3. The molecular formula is C17H22N6O3S. The summed E-state index contributed by atoms with van der Waals surface area (Å²) in [5.41, 5.74) is 4.24. The van der Waals surface area contributed by atoms with Crippen molar-refractivity contribution in [1.29, 1.82) is 0 Å². The Morgan fingerprint density at radius 1 is 1.33 bits per heavy atom. The molecule has 0 radical (unpaired) electrons. The van der Waals surface area contributed by atoms with Crippen molar-refractivity contribution in [3.05, 3.63) is 40.3 Å². The molecule has 9 nitrogen and oxygen atoms in total. The minimum atomic E-state index is -1.33. The molecule has 0 bridgehead atoms. The van der Waals surface area contributed by atoms with Gasteiger partial charge in [0.15, 0.2) is 5.54 Å². The van der Waals surface area contributed by atoms with Gasteiger partial charge >= 0.3 is 0 Å². The lowest BCUT2D eigenvalue weighted by Gasteiger charge is -2.28. The highest BCUT2D eigenvalue weighted by Gasteiger charge is 2.38. The number of nitrogens with zero attached hydrogens (tertiary/aromatic N) is 3. The highest BCUT2D eigenvalue weighted by Crippen LogP contribution is 2.30. The Morgan fingerprint density at radius 3 is 2.67 bits per heavy atom. The van der Waals surface area contributed by atoms with E-state index in [0.29, 0.717) is 17.3 Å². The van der Waals surface area contributed by atoms with Gasteiger partial charge in [0, 0.05) is 29.3 Å². The Bertz CT molecular complexity index is 819. The first-order valence-electron chi connectivity index (χ1n) is 8.09. The summed E-state index contributed by atoms with van der Waals surface area (Å²) < 4.78 is 4.86. The van der Waals surface area contributed by atoms with Crippen LogP contribution in [0, 0.1) is 0 Å². The molecule has 0 aliphatic carbocycles. The first-order valence-corrected chi connectivity index (χ1v) is 8.91. The van der Waals surface area contributed by atoms with E-state index in [-0.39, 0.29) is 12.6 Å². The van der Waals surface area contributed by atoms with E-state index in [9.17, 15) is 9.59 Å². The number of rotatable bonds is 8. The topological polar surface area (TPSA) is 132 Å². The molecule has 2 rings (SSSR count). The van der Waals surface area contributed by atoms with Gasteiger partial charge in [-0.2, -0.15) is 0 Å². The number of nitrogens with one attached hydrogen (secondary N) is 2. The molecule has 1 atom stereocenters. The van der Waals surface area contributed by atoms with Crippen LogP contribution in [0.5, 0.6) is 0 Å². The van der Waals surface area contributed by atoms with Crippen molar-refractivity contribution >= 4 is 34.9 Å². The van der Waals surface area contributed by atoms with Crippen molar-refractivity contribution in [1.82, 2.24) is 15.3 Å². The van der Waals surface area contributed by atoms with E-state index in [2.05, 4.69) is 25.6 Å². The second kappa shape index (κ2) is 9.19. The number of ether oxygens (including phenoxy) is 1. The number of methoxy groups -OCH3 is 1. The van der Waals surface area contributed by atoms with Gasteiger partial charge in [-0.15, -0.1) is 11.3 Å². The van der Waals surface area contributed by atoms with Crippen molar-refractivity contribution in [2.45, 2.75) is 25.9 Å². The van der Waals surface area contributed by atoms with Crippen LogP contribution in [0.15, 0.2) is 35.6 Å². The van der Waals surface area contributed by atoms with Gasteiger partial charge in [0.25, 0.3) is 5.91 Å².